The average molecular weight is 579 g/mol. The molecule has 39 heavy (non-hydrogen) atoms. The monoisotopic (exact) mass is 578 g/mol. The Morgan fingerprint density at radius 2 is 0.897 bits per heavy atom. The number of rotatable bonds is 12. The van der Waals surface area contributed by atoms with Gasteiger partial charge in [-0.2, -0.15) is 23.5 Å². The van der Waals surface area contributed by atoms with E-state index in [1.165, 1.54) is 31.2 Å². The molecule has 0 saturated carbocycles. The molecule has 0 fully saturated rings. The second kappa shape index (κ2) is 12.5. The van der Waals surface area contributed by atoms with E-state index < -0.39 is 0 Å². The van der Waals surface area contributed by atoms with Gasteiger partial charge in [0.25, 0.3) is 0 Å². The van der Waals surface area contributed by atoms with Crippen molar-refractivity contribution in [3.05, 3.63) is 28.8 Å². The van der Waals surface area contributed by atoms with Gasteiger partial charge in [-0.15, -0.1) is 0 Å². The summed E-state index contributed by atoms with van der Waals surface area (Å²) in [5.74, 6) is 2.72. The van der Waals surface area contributed by atoms with Crippen LogP contribution in [0, 0.1) is 21.7 Å². The van der Waals surface area contributed by atoms with Crippen LogP contribution in [0.5, 0.6) is 5.75 Å². The van der Waals surface area contributed by atoms with E-state index in [9.17, 15) is 5.11 Å². The van der Waals surface area contributed by atoms with Gasteiger partial charge in [-0.3, -0.25) is 0 Å². The highest BCUT2D eigenvalue weighted by Gasteiger charge is 2.34. The standard InChI is InChI=1S/C36H66OS2/c1-30(2,3)24-33(10,11)18-20-38-35(14,15)26-22-27(32(7,8)9)29(37)28(23-26)36(16,17)39-21-19-34(12,13)25-31(4,5)6/h22-23,37H,18-21,24-25H2,1-17H3. The van der Waals surface area contributed by atoms with E-state index in [2.05, 4.69) is 142 Å². The molecule has 228 valence electrons. The van der Waals surface area contributed by atoms with Gasteiger partial charge in [0.2, 0.25) is 0 Å². The van der Waals surface area contributed by atoms with Gasteiger partial charge in [0.05, 0.1) is 0 Å². The number of benzene rings is 1. The fourth-order valence-electron chi connectivity index (χ4n) is 6.39. The first-order chi connectivity index (χ1) is 17.1. The van der Waals surface area contributed by atoms with Gasteiger partial charge in [0.15, 0.2) is 0 Å². The number of phenols is 1. The molecule has 0 amide bonds. The van der Waals surface area contributed by atoms with E-state index in [0.717, 1.165) is 22.6 Å². The Morgan fingerprint density at radius 1 is 0.538 bits per heavy atom. The van der Waals surface area contributed by atoms with E-state index >= 15 is 0 Å². The second-order valence-electron chi connectivity index (χ2n) is 18.2. The predicted octanol–water partition coefficient (Wildman–Crippen LogP) is 12.3. The molecule has 0 saturated heterocycles. The third-order valence-corrected chi connectivity index (χ3v) is 10.5. The summed E-state index contributed by atoms with van der Waals surface area (Å²) in [7, 11) is 0. The van der Waals surface area contributed by atoms with Crippen LogP contribution in [-0.4, -0.2) is 16.6 Å². The number of aromatic hydroxyl groups is 1. The van der Waals surface area contributed by atoms with Gasteiger partial charge in [-0.1, -0.05) is 96.1 Å². The summed E-state index contributed by atoms with van der Waals surface area (Å²) in [5.41, 5.74) is 4.69. The first kappa shape index (κ1) is 36.7. The molecule has 0 aromatic heterocycles. The molecule has 1 rings (SSSR count). The maximum atomic E-state index is 11.6. The largest absolute Gasteiger partial charge is 0.507 e. The third-order valence-electron chi connectivity index (χ3n) is 7.76. The Balaban J connectivity index is 3.26. The van der Waals surface area contributed by atoms with E-state index in [1.807, 2.05) is 11.8 Å². The number of phenolic OH excluding ortho intramolecular Hbond substituents is 1. The summed E-state index contributed by atoms with van der Waals surface area (Å²) in [4.78, 5) is 0. The molecular formula is C36H66OS2. The van der Waals surface area contributed by atoms with E-state index in [0.29, 0.717) is 27.4 Å². The first-order valence-electron chi connectivity index (χ1n) is 15.2. The zero-order valence-electron chi connectivity index (χ0n) is 29.2. The fourth-order valence-corrected chi connectivity index (χ4v) is 9.31. The summed E-state index contributed by atoms with van der Waals surface area (Å²) in [6.07, 6.45) is 4.84. The van der Waals surface area contributed by atoms with Crippen LogP contribution in [0.1, 0.15) is 160 Å². The molecule has 0 aliphatic rings. The van der Waals surface area contributed by atoms with Crippen molar-refractivity contribution >= 4 is 23.5 Å². The van der Waals surface area contributed by atoms with Crippen molar-refractivity contribution in [1.29, 1.82) is 0 Å². The minimum absolute atomic E-state index is 0.0320. The summed E-state index contributed by atoms with van der Waals surface area (Å²) in [5, 5.41) is 11.6. The molecule has 0 atom stereocenters. The molecule has 1 N–H and O–H groups in total. The highest BCUT2D eigenvalue weighted by molar-refractivity contribution is 8.00. The van der Waals surface area contributed by atoms with Crippen molar-refractivity contribution in [1.82, 2.24) is 0 Å². The van der Waals surface area contributed by atoms with Gasteiger partial charge in [-0.05, 0) is 109 Å². The number of thioether (sulfide) groups is 2. The van der Waals surface area contributed by atoms with E-state index in [-0.39, 0.29) is 14.9 Å². The van der Waals surface area contributed by atoms with Crippen molar-refractivity contribution < 1.29 is 5.11 Å². The normalized spacial score (nSPS) is 14.7. The fraction of sp³-hybridized carbons (Fsp3) is 0.833. The third kappa shape index (κ3) is 12.6. The van der Waals surface area contributed by atoms with Crippen molar-refractivity contribution in [3.8, 4) is 5.75 Å². The van der Waals surface area contributed by atoms with Crippen molar-refractivity contribution in [3.63, 3.8) is 0 Å². The smallest absolute Gasteiger partial charge is 0.123 e. The molecule has 0 unspecified atom stereocenters. The molecule has 1 nitrogen and oxygen atoms in total. The lowest BCUT2D eigenvalue weighted by molar-refractivity contribution is 0.207. The number of hydrogen-bond donors (Lipinski definition) is 1. The quantitative estimate of drug-likeness (QED) is 0.266. The van der Waals surface area contributed by atoms with E-state index in [1.54, 1.807) is 0 Å². The summed E-state index contributed by atoms with van der Waals surface area (Å²) in [6, 6.07) is 4.62. The van der Waals surface area contributed by atoms with Crippen molar-refractivity contribution in [2.45, 2.75) is 158 Å². The molecule has 0 radical (unpaired) electrons. The van der Waals surface area contributed by atoms with Crippen LogP contribution < -0.4 is 0 Å². The highest BCUT2D eigenvalue weighted by Crippen LogP contribution is 2.49. The SMILES string of the molecule is CC(C)(C)CC(C)(C)CCSC(C)(C)c1cc(C(C)(C)C)c(O)c(C(C)(C)SCCC(C)(C)CC(C)(C)C)c1. The molecule has 0 aliphatic heterocycles. The Hall–Kier alpha value is -0.280. The minimum atomic E-state index is -0.173. The van der Waals surface area contributed by atoms with E-state index in [4.69, 9.17) is 0 Å². The van der Waals surface area contributed by atoms with Crippen LogP contribution in [0.15, 0.2) is 12.1 Å². The van der Waals surface area contributed by atoms with Gasteiger partial charge < -0.3 is 5.11 Å². The number of hydrogen-bond acceptors (Lipinski definition) is 3. The second-order valence-corrected chi connectivity index (χ2v) is 21.6. The van der Waals surface area contributed by atoms with Crippen LogP contribution in [0.25, 0.3) is 0 Å². The van der Waals surface area contributed by atoms with Crippen LogP contribution >= 0.6 is 23.5 Å². The molecule has 0 bridgehead atoms. The van der Waals surface area contributed by atoms with Gasteiger partial charge in [-0.25, -0.2) is 0 Å². The maximum absolute atomic E-state index is 11.6. The predicted molar refractivity (Wildman–Crippen MR) is 183 cm³/mol. The van der Waals surface area contributed by atoms with Crippen LogP contribution in [0.2, 0.25) is 0 Å². The Bertz CT molecular complexity index is 931. The van der Waals surface area contributed by atoms with Crippen LogP contribution in [-0.2, 0) is 14.9 Å². The molecule has 0 spiro atoms. The first-order valence-corrected chi connectivity index (χ1v) is 17.2. The molecule has 3 heteroatoms. The molecule has 0 aliphatic carbocycles. The Morgan fingerprint density at radius 3 is 1.26 bits per heavy atom. The van der Waals surface area contributed by atoms with Crippen LogP contribution in [0.3, 0.4) is 0 Å². The molecule has 0 heterocycles. The summed E-state index contributed by atoms with van der Waals surface area (Å²) >= 11 is 4.06. The molecular weight excluding hydrogens is 513 g/mol. The van der Waals surface area contributed by atoms with Gasteiger partial charge >= 0.3 is 0 Å². The zero-order valence-corrected chi connectivity index (χ0v) is 30.8. The molecule has 1 aromatic carbocycles. The Kier molecular flexibility index (Phi) is 11.8. The maximum Gasteiger partial charge on any atom is 0.123 e. The summed E-state index contributed by atoms with van der Waals surface area (Å²) in [6.45, 7) is 39.7. The van der Waals surface area contributed by atoms with Crippen molar-refractivity contribution in [2.24, 2.45) is 21.7 Å². The van der Waals surface area contributed by atoms with Gasteiger partial charge in [0, 0.05) is 15.1 Å². The molecule has 1 aromatic rings. The van der Waals surface area contributed by atoms with Gasteiger partial charge in [0.1, 0.15) is 5.75 Å². The zero-order chi connectivity index (χ0) is 30.9. The highest BCUT2D eigenvalue weighted by atomic mass is 32.2. The topological polar surface area (TPSA) is 20.2 Å². The van der Waals surface area contributed by atoms with Crippen LogP contribution in [0.4, 0.5) is 0 Å². The lowest BCUT2D eigenvalue weighted by atomic mass is 9.75. The minimum Gasteiger partial charge on any atom is -0.507 e. The average Bonchev–Trinajstić information content (AvgIpc) is 2.62. The Labute approximate surface area is 253 Å². The lowest BCUT2D eigenvalue weighted by Gasteiger charge is -2.36. The lowest BCUT2D eigenvalue weighted by Crippen LogP contribution is -2.24. The van der Waals surface area contributed by atoms with Crippen molar-refractivity contribution in [2.75, 3.05) is 11.5 Å². The summed E-state index contributed by atoms with van der Waals surface area (Å²) < 4.78 is -0.205.